The van der Waals surface area contributed by atoms with E-state index < -0.39 is 0 Å². The molecule has 0 radical (unpaired) electrons. The molecule has 0 fully saturated rings. The molecule has 88 valence electrons. The minimum absolute atomic E-state index is 0.500. The van der Waals surface area contributed by atoms with Gasteiger partial charge in [-0.25, -0.2) is 0 Å². The van der Waals surface area contributed by atoms with Crippen LogP contribution in [0.1, 0.15) is 39.2 Å². The summed E-state index contributed by atoms with van der Waals surface area (Å²) in [5, 5.41) is 0.773. The van der Waals surface area contributed by atoms with Crippen molar-refractivity contribution >= 4 is 27.5 Å². The Morgan fingerprint density at radius 3 is 2.00 bits per heavy atom. The highest BCUT2D eigenvalue weighted by molar-refractivity contribution is 9.10. The second-order valence-corrected chi connectivity index (χ2v) is 4.09. The Balaban J connectivity index is 0. The molecule has 1 rings (SSSR count). The zero-order chi connectivity index (χ0) is 12.4. The van der Waals surface area contributed by atoms with Gasteiger partial charge in [-0.3, -0.25) is 4.39 Å². The van der Waals surface area contributed by atoms with Gasteiger partial charge in [0.1, 0.15) is 0 Å². The maximum Gasteiger partial charge on any atom is 0.0785 e. The lowest BCUT2D eigenvalue weighted by atomic mass is 10.0. The third-order valence-corrected chi connectivity index (χ3v) is 2.82. The van der Waals surface area contributed by atoms with Gasteiger partial charge in [-0.1, -0.05) is 45.4 Å². The first-order chi connectivity index (χ1) is 7.11. The van der Waals surface area contributed by atoms with E-state index in [2.05, 4.69) is 41.9 Å². The molecule has 0 spiro atoms. The van der Waals surface area contributed by atoms with Crippen molar-refractivity contribution in [2.75, 3.05) is 7.18 Å². The maximum absolute atomic E-state index is 9.50. The second kappa shape index (κ2) is 10.4. The average Bonchev–Trinajstić information content (AvgIpc) is 2.27. The molecule has 0 aliphatic heterocycles. The summed E-state index contributed by atoms with van der Waals surface area (Å²) in [5.74, 6) is 0.559. The van der Waals surface area contributed by atoms with Crippen LogP contribution in [0.15, 0.2) is 22.7 Å². The van der Waals surface area contributed by atoms with Crippen molar-refractivity contribution in [3.8, 4) is 0 Å². The van der Waals surface area contributed by atoms with Crippen LogP contribution < -0.4 is 0 Å². The van der Waals surface area contributed by atoms with Crippen LogP contribution in [0.2, 0.25) is 5.02 Å². The topological polar surface area (TPSA) is 0 Å². The normalized spacial score (nSPS) is 8.60. The Kier molecular flexibility index (Phi) is 12.1. The smallest absolute Gasteiger partial charge is 0.0785 e. The van der Waals surface area contributed by atoms with Crippen LogP contribution in [0.3, 0.4) is 0 Å². The van der Waals surface area contributed by atoms with Crippen LogP contribution >= 0.6 is 27.5 Å². The quantitative estimate of drug-likeness (QED) is 0.611. The van der Waals surface area contributed by atoms with E-state index in [9.17, 15) is 4.39 Å². The lowest BCUT2D eigenvalue weighted by molar-refractivity contribution is 0.636. The number of benzene rings is 1. The fraction of sp³-hybridized carbons (Fsp3) is 0.500. The molecular weight excluding hydrogens is 278 g/mol. The van der Waals surface area contributed by atoms with Gasteiger partial charge in [0, 0.05) is 4.47 Å². The van der Waals surface area contributed by atoms with Gasteiger partial charge in [0.05, 0.1) is 12.2 Å². The lowest BCUT2D eigenvalue weighted by Crippen LogP contribution is -1.85. The van der Waals surface area contributed by atoms with Gasteiger partial charge < -0.3 is 0 Å². The van der Waals surface area contributed by atoms with Crippen LogP contribution in [-0.4, -0.2) is 7.18 Å². The van der Waals surface area contributed by atoms with Gasteiger partial charge in [0.15, 0.2) is 0 Å². The fourth-order valence-corrected chi connectivity index (χ4v) is 1.39. The number of alkyl halides is 1. The minimum Gasteiger partial charge on any atom is -0.255 e. The molecule has 0 saturated carbocycles. The molecule has 0 amide bonds. The molecule has 0 aromatic heterocycles. The molecule has 0 nitrogen and oxygen atoms in total. The molecule has 0 N–H and O–H groups in total. The zero-order valence-corrected chi connectivity index (χ0v) is 12.3. The third kappa shape index (κ3) is 6.91. The summed E-state index contributed by atoms with van der Waals surface area (Å²) >= 11 is 9.22. The summed E-state index contributed by atoms with van der Waals surface area (Å²) in [4.78, 5) is 0. The Morgan fingerprint density at radius 1 is 1.20 bits per heavy atom. The summed E-state index contributed by atoms with van der Waals surface area (Å²) in [5.41, 5.74) is 1.31. The van der Waals surface area contributed by atoms with Crippen molar-refractivity contribution in [1.82, 2.24) is 0 Å². The van der Waals surface area contributed by atoms with Gasteiger partial charge in [-0.2, -0.15) is 0 Å². The first kappa shape index (κ1) is 17.3. The van der Waals surface area contributed by atoms with Gasteiger partial charge in [-0.05, 0) is 39.5 Å². The number of hydrogen-bond donors (Lipinski definition) is 0. The van der Waals surface area contributed by atoms with Gasteiger partial charge in [0.25, 0.3) is 0 Å². The standard InChI is InChI=1S/C9H10BrCl.C2H6.CH3F/c1-6(2)7-3-4-9(11)8(10)5-7;2*1-2/h3-6H,1-2H3;1-2H3;1H3. The molecule has 0 aliphatic carbocycles. The monoisotopic (exact) mass is 296 g/mol. The van der Waals surface area contributed by atoms with Crippen molar-refractivity contribution in [3.05, 3.63) is 33.3 Å². The molecule has 0 bridgehead atoms. The van der Waals surface area contributed by atoms with Crippen LogP contribution in [-0.2, 0) is 0 Å². The minimum atomic E-state index is 0.500. The van der Waals surface area contributed by atoms with Gasteiger partial charge >= 0.3 is 0 Å². The Bertz CT molecular complexity index is 262. The predicted octanol–water partition coefficient (Wildman–Crippen LogP) is 5.84. The van der Waals surface area contributed by atoms with Crippen molar-refractivity contribution in [1.29, 1.82) is 0 Å². The molecule has 3 heteroatoms. The summed E-state index contributed by atoms with van der Waals surface area (Å²) in [6.07, 6.45) is 0. The number of rotatable bonds is 1. The second-order valence-electron chi connectivity index (χ2n) is 2.83. The first-order valence-corrected chi connectivity index (χ1v) is 6.11. The molecular formula is C12H19BrClF. The van der Waals surface area contributed by atoms with Crippen LogP contribution in [0, 0.1) is 0 Å². The van der Waals surface area contributed by atoms with Crippen LogP contribution in [0.25, 0.3) is 0 Å². The van der Waals surface area contributed by atoms with Crippen LogP contribution in [0.4, 0.5) is 4.39 Å². The van der Waals surface area contributed by atoms with Crippen molar-refractivity contribution < 1.29 is 4.39 Å². The Morgan fingerprint density at radius 2 is 1.67 bits per heavy atom. The zero-order valence-electron chi connectivity index (χ0n) is 9.94. The Labute approximate surface area is 106 Å². The summed E-state index contributed by atoms with van der Waals surface area (Å²) < 4.78 is 10.5. The van der Waals surface area contributed by atoms with Gasteiger partial charge in [0.2, 0.25) is 0 Å². The molecule has 0 aliphatic rings. The molecule has 0 atom stereocenters. The van der Waals surface area contributed by atoms with Gasteiger partial charge in [-0.15, -0.1) is 0 Å². The molecule has 0 saturated heterocycles. The van der Waals surface area contributed by atoms with E-state index in [4.69, 9.17) is 11.6 Å². The van der Waals surface area contributed by atoms with E-state index in [0.29, 0.717) is 13.1 Å². The average molecular weight is 298 g/mol. The predicted molar refractivity (Wildman–Crippen MR) is 71.6 cm³/mol. The fourth-order valence-electron chi connectivity index (χ4n) is 0.871. The summed E-state index contributed by atoms with van der Waals surface area (Å²) in [7, 11) is 0.500. The number of hydrogen-bond acceptors (Lipinski definition) is 0. The molecule has 15 heavy (non-hydrogen) atoms. The van der Waals surface area contributed by atoms with E-state index >= 15 is 0 Å². The van der Waals surface area contributed by atoms with Crippen molar-refractivity contribution in [3.63, 3.8) is 0 Å². The highest BCUT2D eigenvalue weighted by Crippen LogP contribution is 2.26. The largest absolute Gasteiger partial charge is 0.255 e. The van der Waals surface area contributed by atoms with Crippen LogP contribution in [0.5, 0.6) is 0 Å². The highest BCUT2D eigenvalue weighted by atomic mass is 79.9. The Hall–Kier alpha value is -0.0800. The lowest BCUT2D eigenvalue weighted by Gasteiger charge is -2.05. The molecule has 0 heterocycles. The summed E-state index contributed by atoms with van der Waals surface area (Å²) in [6.45, 7) is 8.32. The molecule has 1 aromatic rings. The van der Waals surface area contributed by atoms with Crippen molar-refractivity contribution in [2.24, 2.45) is 0 Å². The summed E-state index contributed by atoms with van der Waals surface area (Å²) in [6, 6.07) is 6.03. The third-order valence-electron chi connectivity index (χ3n) is 1.61. The number of halogens is 3. The SMILES string of the molecule is CC.CC(C)c1ccc(Cl)c(Br)c1.CF. The van der Waals surface area contributed by atoms with E-state index in [-0.39, 0.29) is 0 Å². The van der Waals surface area contributed by atoms with E-state index in [1.54, 1.807) is 0 Å². The molecule has 0 unspecified atom stereocenters. The maximum atomic E-state index is 9.50. The van der Waals surface area contributed by atoms with Crippen molar-refractivity contribution in [2.45, 2.75) is 33.6 Å². The van der Waals surface area contributed by atoms with E-state index in [1.165, 1.54) is 5.56 Å². The molecule has 1 aromatic carbocycles. The highest BCUT2D eigenvalue weighted by Gasteiger charge is 2.01. The first-order valence-electron chi connectivity index (χ1n) is 4.94. The van der Waals surface area contributed by atoms with E-state index in [1.807, 2.05) is 19.9 Å². The van der Waals surface area contributed by atoms with E-state index in [0.717, 1.165) is 9.50 Å².